The van der Waals surface area contributed by atoms with Gasteiger partial charge in [-0.1, -0.05) is 54.6 Å². The van der Waals surface area contributed by atoms with Crippen molar-refractivity contribution in [2.75, 3.05) is 11.5 Å². The van der Waals surface area contributed by atoms with Gasteiger partial charge in [0.25, 0.3) is 5.91 Å². The van der Waals surface area contributed by atoms with Gasteiger partial charge in [-0.2, -0.15) is 0 Å². The van der Waals surface area contributed by atoms with E-state index in [0.29, 0.717) is 12.2 Å². The van der Waals surface area contributed by atoms with E-state index in [9.17, 15) is 4.79 Å². The normalized spacial score (nSPS) is 15.0. The first-order valence-electron chi connectivity index (χ1n) is 9.51. The molecule has 1 heterocycles. The summed E-state index contributed by atoms with van der Waals surface area (Å²) in [6.07, 6.45) is 3.84. The molecule has 4 rings (SSSR count). The van der Waals surface area contributed by atoms with Crippen molar-refractivity contribution in [1.29, 1.82) is 0 Å². The number of benzene rings is 3. The number of hydrogen-bond donors (Lipinski definition) is 1. The van der Waals surface area contributed by atoms with Gasteiger partial charge in [0, 0.05) is 10.5 Å². The maximum absolute atomic E-state index is 13.4. The van der Waals surface area contributed by atoms with Crippen molar-refractivity contribution >= 4 is 36.0 Å². The zero-order valence-corrected chi connectivity index (χ0v) is 17.0. The second-order valence-corrected chi connectivity index (χ2v) is 7.11. The summed E-state index contributed by atoms with van der Waals surface area (Å²) in [4.78, 5) is 15.9. The van der Waals surface area contributed by atoms with E-state index in [0.717, 1.165) is 33.2 Å². The zero-order valence-electron chi connectivity index (χ0n) is 16.1. The van der Waals surface area contributed by atoms with Crippen LogP contribution in [0.4, 0.5) is 5.69 Å². The molecule has 1 aliphatic rings. The van der Waals surface area contributed by atoms with Crippen molar-refractivity contribution in [3.63, 3.8) is 0 Å². The lowest BCUT2D eigenvalue weighted by Crippen LogP contribution is -2.25. The smallest absolute Gasteiger partial charge is 0.262 e. The molecule has 0 fully saturated rings. The molecule has 1 amide bonds. The first-order chi connectivity index (χ1) is 14.2. The van der Waals surface area contributed by atoms with E-state index in [-0.39, 0.29) is 5.91 Å². The van der Waals surface area contributed by atoms with Crippen molar-refractivity contribution in [2.24, 2.45) is 0 Å². The molecule has 144 valence electrons. The molecule has 0 spiro atoms. The Morgan fingerprint density at radius 3 is 2.31 bits per heavy atom. The van der Waals surface area contributed by atoms with Crippen LogP contribution >= 0.6 is 12.6 Å². The number of rotatable bonds is 5. The molecule has 0 radical (unpaired) electrons. The first-order valence-corrected chi connectivity index (χ1v) is 9.96. The summed E-state index contributed by atoms with van der Waals surface area (Å²) >= 11 is 4.57. The number of para-hydroxylation sites is 1. The predicted molar refractivity (Wildman–Crippen MR) is 121 cm³/mol. The largest absolute Gasteiger partial charge is 0.494 e. The monoisotopic (exact) mass is 399 g/mol. The summed E-state index contributed by atoms with van der Waals surface area (Å²) in [6.45, 7) is 2.58. The number of amides is 1. The fourth-order valence-corrected chi connectivity index (χ4v) is 3.60. The van der Waals surface area contributed by atoms with Crippen LogP contribution < -0.4 is 9.64 Å². The number of hydrogen-bond acceptors (Lipinski definition) is 3. The molecule has 0 bridgehead atoms. The maximum atomic E-state index is 13.4. The minimum atomic E-state index is -0.0702. The minimum absolute atomic E-state index is 0.0702. The standard InChI is InChI=1S/C25H21NO2S/c1-2-28-21-14-12-18(13-15-21)16-20-17-23(19-8-4-3-5-9-19)26(25(20)27)22-10-6-7-11-24(22)29/h3-17,29H,2H2,1H3/b20-16+. The lowest BCUT2D eigenvalue weighted by Gasteiger charge is -2.22. The van der Waals surface area contributed by atoms with Crippen LogP contribution in [0, 0.1) is 0 Å². The van der Waals surface area contributed by atoms with Crippen molar-refractivity contribution < 1.29 is 9.53 Å². The Morgan fingerprint density at radius 2 is 1.62 bits per heavy atom. The Balaban J connectivity index is 1.77. The van der Waals surface area contributed by atoms with Gasteiger partial charge in [-0.05, 0) is 54.5 Å². The van der Waals surface area contributed by atoms with E-state index in [1.807, 2.05) is 97.9 Å². The summed E-state index contributed by atoms with van der Waals surface area (Å²) in [6, 6.07) is 25.3. The van der Waals surface area contributed by atoms with Gasteiger partial charge in [-0.15, -0.1) is 12.6 Å². The molecule has 0 atom stereocenters. The Hall–Kier alpha value is -3.24. The van der Waals surface area contributed by atoms with Crippen LogP contribution in [0.15, 0.2) is 95.4 Å². The fraction of sp³-hybridized carbons (Fsp3) is 0.0800. The quantitative estimate of drug-likeness (QED) is 0.431. The lowest BCUT2D eigenvalue weighted by atomic mass is 10.1. The molecule has 0 saturated heterocycles. The lowest BCUT2D eigenvalue weighted by molar-refractivity contribution is -0.113. The molecule has 0 N–H and O–H groups in total. The van der Waals surface area contributed by atoms with Gasteiger partial charge in [-0.3, -0.25) is 9.69 Å². The fourth-order valence-electron chi connectivity index (χ4n) is 3.34. The van der Waals surface area contributed by atoms with Crippen LogP contribution in [0.1, 0.15) is 18.1 Å². The Labute approximate surface area is 176 Å². The Morgan fingerprint density at radius 1 is 0.931 bits per heavy atom. The van der Waals surface area contributed by atoms with E-state index in [2.05, 4.69) is 12.6 Å². The van der Waals surface area contributed by atoms with Gasteiger partial charge in [0.1, 0.15) is 5.75 Å². The van der Waals surface area contributed by atoms with Crippen LogP contribution in [0.2, 0.25) is 0 Å². The molecule has 4 heteroatoms. The summed E-state index contributed by atoms with van der Waals surface area (Å²) in [5.41, 5.74) is 4.17. The van der Waals surface area contributed by atoms with Gasteiger partial charge < -0.3 is 4.74 Å². The SMILES string of the molecule is CCOc1ccc(/C=C2\C=C(c3ccccc3)N(c3ccccc3S)C2=O)cc1. The van der Waals surface area contributed by atoms with Crippen LogP contribution in [0.3, 0.4) is 0 Å². The van der Waals surface area contributed by atoms with E-state index in [1.165, 1.54) is 0 Å². The number of carbonyl (C=O) groups is 1. The van der Waals surface area contributed by atoms with Gasteiger partial charge >= 0.3 is 0 Å². The van der Waals surface area contributed by atoms with E-state index >= 15 is 0 Å². The molecule has 3 aromatic rings. The molecule has 3 aromatic carbocycles. The Kier molecular flexibility index (Phi) is 5.54. The highest BCUT2D eigenvalue weighted by Crippen LogP contribution is 2.37. The second kappa shape index (κ2) is 8.41. The van der Waals surface area contributed by atoms with Gasteiger partial charge in [0.15, 0.2) is 0 Å². The first kappa shape index (κ1) is 19.1. The number of nitrogens with zero attached hydrogens (tertiary/aromatic N) is 1. The third kappa shape index (κ3) is 3.98. The van der Waals surface area contributed by atoms with Crippen LogP contribution in [-0.2, 0) is 4.79 Å². The van der Waals surface area contributed by atoms with Gasteiger partial charge in [-0.25, -0.2) is 0 Å². The van der Waals surface area contributed by atoms with E-state index in [4.69, 9.17) is 4.74 Å². The van der Waals surface area contributed by atoms with Crippen molar-refractivity contribution in [2.45, 2.75) is 11.8 Å². The topological polar surface area (TPSA) is 29.5 Å². The van der Waals surface area contributed by atoms with Crippen molar-refractivity contribution in [3.05, 3.63) is 102 Å². The van der Waals surface area contributed by atoms with Crippen molar-refractivity contribution in [1.82, 2.24) is 0 Å². The highest BCUT2D eigenvalue weighted by molar-refractivity contribution is 7.80. The number of ether oxygens (including phenoxy) is 1. The predicted octanol–water partition coefficient (Wildman–Crippen LogP) is 5.85. The molecular formula is C25H21NO2S. The summed E-state index contributed by atoms with van der Waals surface area (Å²) in [5, 5.41) is 0. The molecular weight excluding hydrogens is 378 g/mol. The van der Waals surface area contributed by atoms with E-state index < -0.39 is 0 Å². The van der Waals surface area contributed by atoms with Crippen LogP contribution in [0.5, 0.6) is 5.75 Å². The second-order valence-electron chi connectivity index (χ2n) is 6.63. The summed E-state index contributed by atoms with van der Waals surface area (Å²) < 4.78 is 5.50. The molecule has 1 aliphatic heterocycles. The number of thiol groups is 1. The van der Waals surface area contributed by atoms with E-state index in [1.54, 1.807) is 4.90 Å². The average molecular weight is 400 g/mol. The van der Waals surface area contributed by atoms with Crippen LogP contribution in [0.25, 0.3) is 11.8 Å². The Bertz CT molecular complexity index is 1090. The summed E-state index contributed by atoms with van der Waals surface area (Å²) in [7, 11) is 0. The van der Waals surface area contributed by atoms with Crippen molar-refractivity contribution in [3.8, 4) is 5.75 Å². The molecule has 29 heavy (non-hydrogen) atoms. The average Bonchev–Trinajstić information content (AvgIpc) is 3.07. The molecule has 0 saturated carbocycles. The molecule has 0 aromatic heterocycles. The third-order valence-corrected chi connectivity index (χ3v) is 5.07. The van der Waals surface area contributed by atoms with Crippen LogP contribution in [-0.4, -0.2) is 12.5 Å². The summed E-state index contributed by atoms with van der Waals surface area (Å²) in [5.74, 6) is 0.748. The highest BCUT2D eigenvalue weighted by atomic mass is 32.1. The third-order valence-electron chi connectivity index (χ3n) is 4.69. The molecule has 3 nitrogen and oxygen atoms in total. The highest BCUT2D eigenvalue weighted by Gasteiger charge is 2.31. The number of anilines is 1. The van der Waals surface area contributed by atoms with Gasteiger partial charge in [0.05, 0.1) is 18.0 Å². The molecule has 0 unspecified atom stereocenters. The van der Waals surface area contributed by atoms with Gasteiger partial charge in [0.2, 0.25) is 0 Å². The molecule has 0 aliphatic carbocycles. The minimum Gasteiger partial charge on any atom is -0.494 e. The zero-order chi connectivity index (χ0) is 20.2. The maximum Gasteiger partial charge on any atom is 0.262 e. The number of carbonyl (C=O) groups excluding carboxylic acids is 1.